The molecule has 2 heterocycles. The summed E-state index contributed by atoms with van der Waals surface area (Å²) in [4.78, 5) is 30.1. The van der Waals surface area contributed by atoms with Crippen LogP contribution in [0.5, 0.6) is 0 Å². The second-order valence-corrected chi connectivity index (χ2v) is 9.81. The van der Waals surface area contributed by atoms with Crippen LogP contribution in [0.25, 0.3) is 16.9 Å². The lowest BCUT2D eigenvalue weighted by molar-refractivity contribution is -0.137. The van der Waals surface area contributed by atoms with Crippen LogP contribution < -0.4 is 10.6 Å². The Morgan fingerprint density at radius 2 is 1.81 bits per heavy atom. The van der Waals surface area contributed by atoms with Gasteiger partial charge in [0, 0.05) is 17.8 Å². The maximum absolute atomic E-state index is 13.6. The van der Waals surface area contributed by atoms with Crippen LogP contribution in [-0.4, -0.2) is 32.4 Å². The number of nitrogens with zero attached hydrogens (tertiary/aromatic N) is 2. The van der Waals surface area contributed by atoms with E-state index in [1.54, 1.807) is 6.07 Å². The largest absolute Gasteiger partial charge is 0.481 e. The van der Waals surface area contributed by atoms with E-state index in [-0.39, 0.29) is 12.3 Å². The molecule has 0 saturated heterocycles. The molecule has 0 radical (unpaired) electrons. The number of aromatic nitrogens is 2. The van der Waals surface area contributed by atoms with Gasteiger partial charge in [-0.25, -0.2) is 4.98 Å². The van der Waals surface area contributed by atoms with Crippen molar-refractivity contribution in [2.75, 3.05) is 5.32 Å². The van der Waals surface area contributed by atoms with Crippen LogP contribution in [0.4, 0.5) is 5.82 Å². The summed E-state index contributed by atoms with van der Waals surface area (Å²) < 4.78 is 1.95. The van der Waals surface area contributed by atoms with Crippen LogP contribution in [0.3, 0.4) is 0 Å². The SMILES string of the molecule is Cc1cccc(C(CC(=O)O)NC(=O)c2cccn3c(NC4CCCCC4)c(-c4ccccc4)nc23)c1. The fraction of sp³-hybridized carbons (Fsp3) is 0.300. The molecule has 37 heavy (non-hydrogen) atoms. The Bertz CT molecular complexity index is 1410. The Morgan fingerprint density at radius 3 is 2.54 bits per heavy atom. The zero-order valence-electron chi connectivity index (χ0n) is 21.0. The van der Waals surface area contributed by atoms with Crippen LogP contribution in [0.15, 0.2) is 72.9 Å². The number of aliphatic carboxylic acids is 1. The number of pyridine rings is 1. The molecule has 5 rings (SSSR count). The summed E-state index contributed by atoms with van der Waals surface area (Å²) in [7, 11) is 0. The number of imidazole rings is 1. The maximum atomic E-state index is 13.6. The Morgan fingerprint density at radius 1 is 1.03 bits per heavy atom. The maximum Gasteiger partial charge on any atom is 0.305 e. The molecular weight excluding hydrogens is 464 g/mol. The predicted octanol–water partition coefficient (Wildman–Crippen LogP) is 6.00. The molecule has 0 spiro atoms. The molecule has 0 bridgehead atoms. The zero-order valence-corrected chi connectivity index (χ0v) is 21.0. The van der Waals surface area contributed by atoms with Crippen molar-refractivity contribution in [3.63, 3.8) is 0 Å². The van der Waals surface area contributed by atoms with Gasteiger partial charge in [-0.15, -0.1) is 0 Å². The van der Waals surface area contributed by atoms with Crippen LogP contribution >= 0.6 is 0 Å². The van der Waals surface area contributed by atoms with Gasteiger partial charge in [0.2, 0.25) is 0 Å². The van der Waals surface area contributed by atoms with Crippen molar-refractivity contribution in [1.82, 2.24) is 14.7 Å². The lowest BCUT2D eigenvalue weighted by Gasteiger charge is -2.24. The van der Waals surface area contributed by atoms with Crippen molar-refractivity contribution < 1.29 is 14.7 Å². The van der Waals surface area contributed by atoms with Crippen molar-refractivity contribution >= 4 is 23.3 Å². The molecule has 4 aromatic rings. The van der Waals surface area contributed by atoms with Gasteiger partial charge in [-0.2, -0.15) is 0 Å². The Hall–Kier alpha value is -4.13. The van der Waals surface area contributed by atoms with E-state index in [4.69, 9.17) is 4.98 Å². The first-order valence-corrected chi connectivity index (χ1v) is 12.9. The van der Waals surface area contributed by atoms with E-state index in [2.05, 4.69) is 10.6 Å². The minimum Gasteiger partial charge on any atom is -0.481 e. The van der Waals surface area contributed by atoms with E-state index in [0.29, 0.717) is 17.3 Å². The lowest BCUT2D eigenvalue weighted by atomic mass is 9.95. The molecule has 2 aromatic heterocycles. The second kappa shape index (κ2) is 10.9. The molecular formula is C30H32N4O3. The molecule has 1 saturated carbocycles. The van der Waals surface area contributed by atoms with Gasteiger partial charge in [-0.3, -0.25) is 14.0 Å². The number of hydrogen-bond donors (Lipinski definition) is 3. The highest BCUT2D eigenvalue weighted by atomic mass is 16.4. The average Bonchev–Trinajstić information content (AvgIpc) is 3.27. The molecule has 1 atom stereocenters. The van der Waals surface area contributed by atoms with Crippen molar-refractivity contribution in [2.45, 2.75) is 57.5 Å². The first kappa shape index (κ1) is 24.6. The van der Waals surface area contributed by atoms with E-state index >= 15 is 0 Å². The number of aryl methyl sites for hydroxylation is 1. The summed E-state index contributed by atoms with van der Waals surface area (Å²) in [5.41, 5.74) is 4.47. The Balaban J connectivity index is 1.54. The third kappa shape index (κ3) is 5.50. The molecule has 7 heteroatoms. The summed E-state index contributed by atoms with van der Waals surface area (Å²) >= 11 is 0. The highest BCUT2D eigenvalue weighted by molar-refractivity contribution is 6.01. The standard InChI is InChI=1S/C30H32N4O3/c1-20-10-8-13-22(18-20)25(19-26(35)36)32-30(37)24-16-9-17-34-28(24)33-27(21-11-4-2-5-12-21)29(34)31-23-14-6-3-7-15-23/h2,4-5,8-13,16-18,23,25,31H,3,6-7,14-15,19H2,1H3,(H,32,37)(H,35,36). The molecule has 1 aliphatic carbocycles. The predicted molar refractivity (Wildman–Crippen MR) is 145 cm³/mol. The number of hydrogen-bond acceptors (Lipinski definition) is 4. The number of anilines is 1. The topological polar surface area (TPSA) is 95.7 Å². The molecule has 2 aromatic carbocycles. The van der Waals surface area contributed by atoms with Gasteiger partial charge in [-0.05, 0) is 37.5 Å². The molecule has 190 valence electrons. The molecule has 7 nitrogen and oxygen atoms in total. The molecule has 1 aliphatic rings. The average molecular weight is 497 g/mol. The van der Waals surface area contributed by atoms with Crippen molar-refractivity contribution in [3.8, 4) is 11.3 Å². The summed E-state index contributed by atoms with van der Waals surface area (Å²) in [6.45, 7) is 1.94. The molecule has 1 unspecified atom stereocenters. The van der Waals surface area contributed by atoms with Gasteiger partial charge in [0.1, 0.15) is 11.5 Å². The van der Waals surface area contributed by atoms with Crippen molar-refractivity contribution in [1.29, 1.82) is 0 Å². The van der Waals surface area contributed by atoms with Gasteiger partial charge >= 0.3 is 5.97 Å². The second-order valence-electron chi connectivity index (χ2n) is 9.81. The van der Waals surface area contributed by atoms with Gasteiger partial charge in [0.05, 0.1) is 18.0 Å². The molecule has 1 amide bonds. The number of carbonyl (C=O) groups excluding carboxylic acids is 1. The van der Waals surface area contributed by atoms with Crippen LogP contribution in [-0.2, 0) is 4.79 Å². The number of amides is 1. The summed E-state index contributed by atoms with van der Waals surface area (Å²) in [5, 5.41) is 16.2. The number of fused-ring (bicyclic) bond motifs is 1. The number of benzene rings is 2. The number of carboxylic acid groups (broad SMARTS) is 1. The number of nitrogens with one attached hydrogen (secondary N) is 2. The molecule has 1 fully saturated rings. The monoisotopic (exact) mass is 496 g/mol. The highest BCUT2D eigenvalue weighted by Gasteiger charge is 2.24. The first-order chi connectivity index (χ1) is 18.0. The van der Waals surface area contributed by atoms with Gasteiger partial charge < -0.3 is 15.7 Å². The van der Waals surface area contributed by atoms with E-state index in [1.165, 1.54) is 19.3 Å². The van der Waals surface area contributed by atoms with Crippen LogP contribution in [0.2, 0.25) is 0 Å². The van der Waals surface area contributed by atoms with E-state index in [0.717, 1.165) is 41.0 Å². The van der Waals surface area contributed by atoms with E-state index < -0.39 is 12.0 Å². The summed E-state index contributed by atoms with van der Waals surface area (Å²) in [6, 6.07) is 20.8. The third-order valence-corrected chi connectivity index (χ3v) is 7.02. The lowest BCUT2D eigenvalue weighted by Crippen LogP contribution is -2.30. The van der Waals surface area contributed by atoms with Crippen molar-refractivity contribution in [3.05, 3.63) is 89.6 Å². The zero-order chi connectivity index (χ0) is 25.8. The number of carboxylic acids is 1. The Labute approximate surface area is 216 Å². The van der Waals surface area contributed by atoms with Gasteiger partial charge in [0.15, 0.2) is 5.65 Å². The normalized spacial score (nSPS) is 14.8. The fourth-order valence-corrected chi connectivity index (χ4v) is 5.17. The van der Waals surface area contributed by atoms with Gasteiger partial charge in [0.25, 0.3) is 5.91 Å². The summed E-state index contributed by atoms with van der Waals surface area (Å²) in [5.74, 6) is -0.452. The number of rotatable bonds is 8. The third-order valence-electron chi connectivity index (χ3n) is 7.02. The quantitative estimate of drug-likeness (QED) is 0.278. The van der Waals surface area contributed by atoms with E-state index in [1.807, 2.05) is 78.2 Å². The van der Waals surface area contributed by atoms with Crippen LogP contribution in [0, 0.1) is 6.92 Å². The van der Waals surface area contributed by atoms with Crippen LogP contribution in [0.1, 0.15) is 66.1 Å². The minimum absolute atomic E-state index is 0.212. The fourth-order valence-electron chi connectivity index (χ4n) is 5.17. The van der Waals surface area contributed by atoms with Crippen molar-refractivity contribution in [2.24, 2.45) is 0 Å². The smallest absolute Gasteiger partial charge is 0.305 e. The summed E-state index contributed by atoms with van der Waals surface area (Å²) in [6.07, 6.45) is 7.59. The van der Waals surface area contributed by atoms with E-state index in [9.17, 15) is 14.7 Å². The van der Waals surface area contributed by atoms with Gasteiger partial charge in [-0.1, -0.05) is 79.4 Å². The first-order valence-electron chi connectivity index (χ1n) is 12.9. The Kier molecular flexibility index (Phi) is 7.21. The number of carbonyl (C=O) groups is 2. The minimum atomic E-state index is -0.976. The molecule has 3 N–H and O–H groups in total. The molecule has 0 aliphatic heterocycles. The highest BCUT2D eigenvalue weighted by Crippen LogP contribution is 2.32.